The molecule has 148 valence electrons. The van der Waals surface area contributed by atoms with Gasteiger partial charge in [-0.3, -0.25) is 9.78 Å². The van der Waals surface area contributed by atoms with Crippen molar-refractivity contribution in [1.29, 1.82) is 0 Å². The Morgan fingerprint density at radius 2 is 1.89 bits per heavy atom. The summed E-state index contributed by atoms with van der Waals surface area (Å²) in [4.78, 5) is 24.6. The SMILES string of the molecule is O=C(CCC1(c2ncc(C3CC3C(F)(F)F)cc2Cl)CC1)c1nccnc1Cl. The maximum atomic E-state index is 12.8. The smallest absolute Gasteiger partial charge is 0.292 e. The zero-order chi connectivity index (χ0) is 20.1. The molecule has 4 rings (SSSR count). The number of hydrogen-bond donors (Lipinski definition) is 0. The van der Waals surface area contributed by atoms with Crippen LogP contribution in [0.25, 0.3) is 0 Å². The van der Waals surface area contributed by atoms with E-state index in [0.717, 1.165) is 12.8 Å². The normalized spacial score (nSPS) is 22.8. The molecule has 4 nitrogen and oxygen atoms in total. The number of hydrogen-bond acceptors (Lipinski definition) is 4. The van der Waals surface area contributed by atoms with Gasteiger partial charge in [0.2, 0.25) is 0 Å². The maximum Gasteiger partial charge on any atom is 0.392 e. The Hall–Kier alpha value is -1.73. The highest BCUT2D eigenvalue weighted by Gasteiger charge is 2.56. The van der Waals surface area contributed by atoms with E-state index in [-0.39, 0.29) is 34.9 Å². The minimum Gasteiger partial charge on any atom is -0.292 e. The fourth-order valence-electron chi connectivity index (χ4n) is 3.71. The molecule has 2 aliphatic carbocycles. The lowest BCUT2D eigenvalue weighted by Crippen LogP contribution is -2.14. The molecule has 0 saturated heterocycles. The van der Waals surface area contributed by atoms with Crippen LogP contribution in [-0.2, 0) is 5.41 Å². The van der Waals surface area contributed by atoms with Crippen LogP contribution < -0.4 is 0 Å². The van der Waals surface area contributed by atoms with Crippen LogP contribution in [0.15, 0.2) is 24.7 Å². The predicted octanol–water partition coefficient (Wildman–Crippen LogP) is 5.54. The van der Waals surface area contributed by atoms with Crippen LogP contribution in [0, 0.1) is 5.92 Å². The summed E-state index contributed by atoms with van der Waals surface area (Å²) in [5, 5.41) is 0.439. The molecule has 2 heterocycles. The van der Waals surface area contributed by atoms with Crippen molar-refractivity contribution in [2.75, 3.05) is 0 Å². The molecular formula is C19H16Cl2F3N3O. The molecule has 0 radical (unpaired) electrons. The zero-order valence-electron chi connectivity index (χ0n) is 14.6. The van der Waals surface area contributed by atoms with E-state index in [4.69, 9.17) is 23.2 Å². The molecule has 0 aliphatic heterocycles. The molecule has 2 aliphatic rings. The van der Waals surface area contributed by atoms with Crippen molar-refractivity contribution in [2.45, 2.75) is 49.6 Å². The Morgan fingerprint density at radius 1 is 1.18 bits per heavy atom. The first-order valence-corrected chi connectivity index (χ1v) is 9.69. The Kier molecular flexibility index (Phi) is 4.86. The number of alkyl halides is 3. The summed E-state index contributed by atoms with van der Waals surface area (Å²) >= 11 is 12.3. The third kappa shape index (κ3) is 3.74. The minimum atomic E-state index is -4.19. The molecule has 0 spiro atoms. The second-order valence-electron chi connectivity index (χ2n) is 7.49. The Balaban J connectivity index is 1.45. The third-order valence-corrected chi connectivity index (χ3v) is 6.17. The zero-order valence-corrected chi connectivity index (χ0v) is 16.2. The number of rotatable bonds is 6. The molecule has 0 aromatic carbocycles. The van der Waals surface area contributed by atoms with Crippen molar-refractivity contribution in [2.24, 2.45) is 5.92 Å². The van der Waals surface area contributed by atoms with E-state index >= 15 is 0 Å². The fourth-order valence-corrected chi connectivity index (χ4v) is 4.29. The fraction of sp³-hybridized carbons (Fsp3) is 0.474. The average Bonchev–Trinajstić information content (AvgIpc) is 3.53. The van der Waals surface area contributed by atoms with Gasteiger partial charge in [0.15, 0.2) is 10.9 Å². The maximum absolute atomic E-state index is 12.8. The van der Waals surface area contributed by atoms with Gasteiger partial charge in [-0.2, -0.15) is 13.2 Å². The van der Waals surface area contributed by atoms with Crippen LogP contribution >= 0.6 is 23.2 Å². The van der Waals surface area contributed by atoms with Gasteiger partial charge in [0.25, 0.3) is 0 Å². The monoisotopic (exact) mass is 429 g/mol. The first kappa shape index (κ1) is 19.6. The molecule has 2 unspecified atom stereocenters. The second-order valence-corrected chi connectivity index (χ2v) is 8.25. The van der Waals surface area contributed by atoms with E-state index < -0.39 is 18.0 Å². The molecular weight excluding hydrogens is 414 g/mol. The molecule has 9 heteroatoms. The predicted molar refractivity (Wildman–Crippen MR) is 97.7 cm³/mol. The van der Waals surface area contributed by atoms with Gasteiger partial charge in [-0.1, -0.05) is 23.2 Å². The van der Waals surface area contributed by atoms with Gasteiger partial charge in [0.05, 0.1) is 16.6 Å². The Bertz CT molecular complexity index is 931. The molecule has 0 N–H and O–H groups in total. The van der Waals surface area contributed by atoms with Crippen molar-refractivity contribution >= 4 is 29.0 Å². The van der Waals surface area contributed by atoms with Gasteiger partial charge in [0.1, 0.15) is 5.69 Å². The van der Waals surface area contributed by atoms with E-state index in [1.54, 1.807) is 6.07 Å². The lowest BCUT2D eigenvalue weighted by molar-refractivity contribution is -0.148. The van der Waals surface area contributed by atoms with E-state index in [0.29, 0.717) is 22.7 Å². The van der Waals surface area contributed by atoms with Crippen molar-refractivity contribution in [1.82, 2.24) is 15.0 Å². The average molecular weight is 430 g/mol. The number of carbonyl (C=O) groups is 1. The van der Waals surface area contributed by atoms with Crippen LogP contribution in [0.4, 0.5) is 13.2 Å². The largest absolute Gasteiger partial charge is 0.392 e. The first-order valence-electron chi connectivity index (χ1n) is 8.94. The number of aromatic nitrogens is 3. The number of pyridine rings is 1. The van der Waals surface area contributed by atoms with Crippen LogP contribution in [-0.4, -0.2) is 26.9 Å². The molecule has 2 saturated carbocycles. The quantitative estimate of drug-likeness (QED) is 0.565. The van der Waals surface area contributed by atoms with E-state index in [9.17, 15) is 18.0 Å². The molecule has 2 aromatic rings. The highest BCUT2D eigenvalue weighted by atomic mass is 35.5. The van der Waals surface area contributed by atoms with Gasteiger partial charge in [-0.15, -0.1) is 0 Å². The third-order valence-electron chi connectivity index (χ3n) is 5.61. The van der Waals surface area contributed by atoms with Gasteiger partial charge < -0.3 is 0 Å². The summed E-state index contributed by atoms with van der Waals surface area (Å²) < 4.78 is 38.4. The summed E-state index contributed by atoms with van der Waals surface area (Å²) in [6.45, 7) is 0. The number of ketones is 1. The van der Waals surface area contributed by atoms with Crippen molar-refractivity contribution in [3.63, 3.8) is 0 Å². The highest BCUT2D eigenvalue weighted by Crippen LogP contribution is 2.57. The van der Waals surface area contributed by atoms with Crippen LogP contribution in [0.2, 0.25) is 10.2 Å². The summed E-state index contributed by atoms with van der Waals surface area (Å²) in [5.74, 6) is -2.07. The number of carbonyl (C=O) groups excluding carboxylic acids is 1. The van der Waals surface area contributed by atoms with Crippen molar-refractivity contribution in [3.8, 4) is 0 Å². The Morgan fingerprint density at radius 3 is 2.46 bits per heavy atom. The second kappa shape index (κ2) is 6.95. The van der Waals surface area contributed by atoms with E-state index in [1.165, 1.54) is 18.6 Å². The number of Topliss-reactive ketones (excluding diaryl/α,β-unsaturated/α-hetero) is 1. The highest BCUT2D eigenvalue weighted by molar-refractivity contribution is 6.32. The molecule has 0 amide bonds. The minimum absolute atomic E-state index is 0.0708. The van der Waals surface area contributed by atoms with E-state index in [1.807, 2.05) is 0 Å². The molecule has 2 fully saturated rings. The summed E-state index contributed by atoms with van der Waals surface area (Å²) in [7, 11) is 0. The van der Waals surface area contributed by atoms with Gasteiger partial charge in [-0.05, 0) is 43.2 Å². The molecule has 0 bridgehead atoms. The first-order chi connectivity index (χ1) is 13.2. The summed E-state index contributed by atoms with van der Waals surface area (Å²) in [6, 6.07) is 1.60. The van der Waals surface area contributed by atoms with E-state index in [2.05, 4.69) is 15.0 Å². The van der Waals surface area contributed by atoms with Gasteiger partial charge in [-0.25, -0.2) is 9.97 Å². The summed E-state index contributed by atoms with van der Waals surface area (Å²) in [6.07, 6.45) is 2.62. The Labute approximate surface area is 169 Å². The topological polar surface area (TPSA) is 55.7 Å². The number of nitrogens with zero attached hydrogens (tertiary/aromatic N) is 3. The lowest BCUT2D eigenvalue weighted by atomic mass is 9.93. The van der Waals surface area contributed by atoms with Crippen LogP contribution in [0.1, 0.15) is 59.8 Å². The molecule has 28 heavy (non-hydrogen) atoms. The van der Waals surface area contributed by atoms with Gasteiger partial charge in [0, 0.05) is 30.4 Å². The van der Waals surface area contributed by atoms with Crippen molar-refractivity contribution in [3.05, 3.63) is 51.8 Å². The molecule has 2 aromatic heterocycles. The number of halogens is 5. The molecule has 2 atom stereocenters. The van der Waals surface area contributed by atoms with Gasteiger partial charge >= 0.3 is 6.18 Å². The summed E-state index contributed by atoms with van der Waals surface area (Å²) in [5.41, 5.74) is 1.00. The van der Waals surface area contributed by atoms with Crippen LogP contribution in [0.5, 0.6) is 0 Å². The standard InChI is InChI=1S/C19H16Cl2F3N3O/c20-13-7-10(11-8-12(11)19(22,23)24)9-27-16(13)18(3-4-18)2-1-14(28)15-17(21)26-6-5-25-15/h5-7,9,11-12H,1-4,8H2. The van der Waals surface area contributed by atoms with Crippen LogP contribution in [0.3, 0.4) is 0 Å². The van der Waals surface area contributed by atoms with Crippen molar-refractivity contribution < 1.29 is 18.0 Å². The lowest BCUT2D eigenvalue weighted by Gasteiger charge is -2.16.